The third-order valence-electron chi connectivity index (χ3n) is 5.10. The summed E-state index contributed by atoms with van der Waals surface area (Å²) < 4.78 is 6.00. The molecule has 27 heavy (non-hydrogen) atoms. The summed E-state index contributed by atoms with van der Waals surface area (Å²) in [5.74, 6) is 0.339. The molecule has 0 amide bonds. The van der Waals surface area contributed by atoms with Gasteiger partial charge < -0.3 is 4.74 Å². The summed E-state index contributed by atoms with van der Waals surface area (Å²) in [6.45, 7) is 4.22. The van der Waals surface area contributed by atoms with Crippen molar-refractivity contribution in [2.24, 2.45) is 0 Å². The Balaban J connectivity index is 1.88. The minimum absolute atomic E-state index is 0.318. The normalized spacial score (nSPS) is 11.0. The number of carbonyl (C=O) groups excluding carboxylic acids is 1. The van der Waals surface area contributed by atoms with Crippen LogP contribution in [-0.4, -0.2) is 5.97 Å². The SMILES string of the molecule is CCc1ccc(C(=O)Oc2c3ccccc3cc3cccc(CC)c23)cc1. The number of esters is 1. The minimum atomic E-state index is -0.318. The Hall–Kier alpha value is -3.13. The molecule has 0 atom stereocenters. The maximum Gasteiger partial charge on any atom is 0.343 e. The molecule has 0 saturated heterocycles. The number of benzene rings is 4. The maximum atomic E-state index is 12.9. The van der Waals surface area contributed by atoms with Crippen LogP contribution in [0.1, 0.15) is 35.3 Å². The standard InChI is InChI=1S/C25H22O2/c1-3-17-12-14-19(15-13-17)25(26)27-24-22-11-6-5-8-20(22)16-21-10-7-9-18(4-2)23(21)24/h5-16H,3-4H2,1-2H3. The number of ether oxygens (including phenoxy) is 1. The van der Waals surface area contributed by atoms with Gasteiger partial charge in [-0.15, -0.1) is 0 Å². The van der Waals surface area contributed by atoms with Crippen molar-refractivity contribution >= 4 is 27.5 Å². The van der Waals surface area contributed by atoms with Crippen molar-refractivity contribution in [3.63, 3.8) is 0 Å². The van der Waals surface area contributed by atoms with E-state index in [1.54, 1.807) is 0 Å². The molecular weight excluding hydrogens is 332 g/mol. The molecule has 0 aliphatic carbocycles. The van der Waals surface area contributed by atoms with Crippen molar-refractivity contribution in [1.29, 1.82) is 0 Å². The summed E-state index contributed by atoms with van der Waals surface area (Å²) in [6, 6.07) is 24.1. The Bertz CT molecular complexity index is 1120. The third-order valence-corrected chi connectivity index (χ3v) is 5.10. The summed E-state index contributed by atoms with van der Waals surface area (Å²) in [5.41, 5.74) is 2.96. The lowest BCUT2D eigenvalue weighted by Crippen LogP contribution is -2.09. The minimum Gasteiger partial charge on any atom is -0.422 e. The molecule has 0 radical (unpaired) electrons. The summed E-state index contributed by atoms with van der Waals surface area (Å²) >= 11 is 0. The Morgan fingerprint density at radius 3 is 2.30 bits per heavy atom. The highest BCUT2D eigenvalue weighted by atomic mass is 16.5. The average Bonchev–Trinajstić information content (AvgIpc) is 2.73. The molecular formula is C25H22O2. The molecule has 0 unspecified atom stereocenters. The molecule has 4 aromatic rings. The Morgan fingerprint density at radius 2 is 1.56 bits per heavy atom. The number of hydrogen-bond acceptors (Lipinski definition) is 2. The smallest absolute Gasteiger partial charge is 0.343 e. The van der Waals surface area contributed by atoms with Gasteiger partial charge in [-0.1, -0.05) is 68.4 Å². The topological polar surface area (TPSA) is 26.3 Å². The quantitative estimate of drug-likeness (QED) is 0.243. The molecule has 4 rings (SSSR count). The Kier molecular flexibility index (Phi) is 4.64. The fourth-order valence-electron chi connectivity index (χ4n) is 3.58. The summed E-state index contributed by atoms with van der Waals surface area (Å²) in [4.78, 5) is 12.9. The zero-order valence-corrected chi connectivity index (χ0v) is 15.7. The highest BCUT2D eigenvalue weighted by Gasteiger charge is 2.16. The molecule has 4 aromatic carbocycles. The molecule has 0 heterocycles. The van der Waals surface area contributed by atoms with Crippen LogP contribution in [0.25, 0.3) is 21.5 Å². The fraction of sp³-hybridized carbons (Fsp3) is 0.160. The van der Waals surface area contributed by atoms with Crippen LogP contribution in [-0.2, 0) is 12.8 Å². The first-order valence-corrected chi connectivity index (χ1v) is 9.45. The molecule has 0 bridgehead atoms. The first-order valence-electron chi connectivity index (χ1n) is 9.45. The van der Waals surface area contributed by atoms with E-state index in [2.05, 4.69) is 44.2 Å². The number of rotatable bonds is 4. The molecule has 0 aliphatic rings. The van der Waals surface area contributed by atoms with Gasteiger partial charge in [0.1, 0.15) is 5.75 Å². The van der Waals surface area contributed by atoms with Gasteiger partial charge in [-0.05, 0) is 52.9 Å². The number of aryl methyl sites for hydroxylation is 2. The first-order chi connectivity index (χ1) is 13.2. The highest BCUT2D eigenvalue weighted by molar-refractivity contribution is 6.08. The molecule has 2 heteroatoms. The van der Waals surface area contributed by atoms with E-state index >= 15 is 0 Å². The third kappa shape index (κ3) is 3.19. The van der Waals surface area contributed by atoms with Gasteiger partial charge in [0.25, 0.3) is 0 Å². The van der Waals surface area contributed by atoms with Crippen LogP contribution >= 0.6 is 0 Å². The highest BCUT2D eigenvalue weighted by Crippen LogP contribution is 2.37. The van der Waals surface area contributed by atoms with Crippen molar-refractivity contribution in [3.05, 3.63) is 89.5 Å². The van der Waals surface area contributed by atoms with E-state index in [0.717, 1.165) is 34.4 Å². The molecule has 0 saturated carbocycles. The fourth-order valence-corrected chi connectivity index (χ4v) is 3.58. The van der Waals surface area contributed by atoms with Crippen LogP contribution in [0.4, 0.5) is 0 Å². The van der Waals surface area contributed by atoms with E-state index in [1.165, 1.54) is 11.1 Å². The van der Waals surface area contributed by atoms with Gasteiger partial charge in [0, 0.05) is 10.8 Å². The van der Waals surface area contributed by atoms with Crippen LogP contribution in [0.5, 0.6) is 5.75 Å². The van der Waals surface area contributed by atoms with Crippen LogP contribution < -0.4 is 4.74 Å². The molecule has 0 spiro atoms. The molecule has 0 aromatic heterocycles. The monoisotopic (exact) mass is 354 g/mol. The maximum absolute atomic E-state index is 12.9. The zero-order chi connectivity index (χ0) is 18.8. The van der Waals surface area contributed by atoms with Gasteiger partial charge in [-0.25, -0.2) is 4.79 Å². The van der Waals surface area contributed by atoms with Crippen LogP contribution in [0.2, 0.25) is 0 Å². The van der Waals surface area contributed by atoms with Crippen LogP contribution in [0.3, 0.4) is 0 Å². The number of hydrogen-bond donors (Lipinski definition) is 0. The lowest BCUT2D eigenvalue weighted by Gasteiger charge is -2.14. The van der Waals surface area contributed by atoms with Crippen molar-refractivity contribution in [3.8, 4) is 5.75 Å². The van der Waals surface area contributed by atoms with Gasteiger partial charge in [0.15, 0.2) is 0 Å². The van der Waals surface area contributed by atoms with Crippen molar-refractivity contribution in [2.75, 3.05) is 0 Å². The van der Waals surface area contributed by atoms with E-state index in [9.17, 15) is 4.79 Å². The van der Waals surface area contributed by atoms with Gasteiger partial charge in [-0.2, -0.15) is 0 Å². The molecule has 134 valence electrons. The lowest BCUT2D eigenvalue weighted by atomic mass is 9.97. The predicted molar refractivity (Wildman–Crippen MR) is 112 cm³/mol. The largest absolute Gasteiger partial charge is 0.422 e. The predicted octanol–water partition coefficient (Wildman–Crippen LogP) is 6.34. The zero-order valence-electron chi connectivity index (χ0n) is 15.7. The average molecular weight is 354 g/mol. The Morgan fingerprint density at radius 1 is 0.815 bits per heavy atom. The van der Waals surface area contributed by atoms with Crippen molar-refractivity contribution in [2.45, 2.75) is 26.7 Å². The van der Waals surface area contributed by atoms with E-state index in [4.69, 9.17) is 4.74 Å². The van der Waals surface area contributed by atoms with E-state index < -0.39 is 0 Å². The summed E-state index contributed by atoms with van der Waals surface area (Å²) in [5, 5.41) is 4.15. The second-order valence-electron chi connectivity index (χ2n) is 6.74. The number of fused-ring (bicyclic) bond motifs is 2. The molecule has 0 aliphatic heterocycles. The second-order valence-corrected chi connectivity index (χ2v) is 6.74. The molecule has 0 N–H and O–H groups in total. The van der Waals surface area contributed by atoms with E-state index in [0.29, 0.717) is 11.3 Å². The Labute approximate surface area is 159 Å². The van der Waals surface area contributed by atoms with Crippen LogP contribution in [0.15, 0.2) is 72.8 Å². The van der Waals surface area contributed by atoms with Gasteiger partial charge >= 0.3 is 5.97 Å². The van der Waals surface area contributed by atoms with Crippen molar-refractivity contribution in [1.82, 2.24) is 0 Å². The van der Waals surface area contributed by atoms with Gasteiger partial charge in [-0.3, -0.25) is 0 Å². The lowest BCUT2D eigenvalue weighted by molar-refractivity contribution is 0.0739. The second kappa shape index (κ2) is 7.24. The van der Waals surface area contributed by atoms with Gasteiger partial charge in [0.2, 0.25) is 0 Å². The summed E-state index contributed by atoms with van der Waals surface area (Å²) in [6.07, 6.45) is 1.83. The first kappa shape index (κ1) is 17.3. The molecule has 2 nitrogen and oxygen atoms in total. The van der Waals surface area contributed by atoms with Crippen molar-refractivity contribution < 1.29 is 9.53 Å². The summed E-state index contributed by atoms with van der Waals surface area (Å²) in [7, 11) is 0. The van der Waals surface area contributed by atoms with Crippen LogP contribution in [0, 0.1) is 0 Å². The number of carbonyl (C=O) groups is 1. The van der Waals surface area contributed by atoms with E-state index in [1.807, 2.05) is 42.5 Å². The van der Waals surface area contributed by atoms with E-state index in [-0.39, 0.29) is 5.97 Å². The molecule has 0 fully saturated rings. The van der Waals surface area contributed by atoms with Gasteiger partial charge in [0.05, 0.1) is 5.56 Å².